The lowest BCUT2D eigenvalue weighted by atomic mass is 9.76. The summed E-state index contributed by atoms with van der Waals surface area (Å²) in [6, 6.07) is 17.7. The molecular weight excluding hydrogens is 492 g/mol. The Bertz CT molecular complexity index is 1180. The summed E-state index contributed by atoms with van der Waals surface area (Å²) in [7, 11) is 1.34. The number of benzene rings is 2. The Kier molecular flexibility index (Phi) is 8.90. The van der Waals surface area contributed by atoms with Gasteiger partial charge in [0.1, 0.15) is 18.2 Å². The number of carbonyl (C=O) groups is 3. The fourth-order valence-corrected chi connectivity index (χ4v) is 6.36. The number of hydrogen-bond acceptors (Lipinski definition) is 5. The van der Waals surface area contributed by atoms with Crippen molar-refractivity contribution in [2.75, 3.05) is 7.11 Å². The molecule has 1 aliphatic heterocycles. The summed E-state index contributed by atoms with van der Waals surface area (Å²) < 4.78 is 10.7. The molecule has 2 amide bonds. The molecule has 4 rings (SSSR count). The highest BCUT2D eigenvalue weighted by Crippen LogP contribution is 2.54. The third kappa shape index (κ3) is 5.92. The van der Waals surface area contributed by atoms with Crippen molar-refractivity contribution in [1.82, 2.24) is 10.2 Å². The van der Waals surface area contributed by atoms with Crippen LogP contribution in [0.1, 0.15) is 49.7 Å². The van der Waals surface area contributed by atoms with Gasteiger partial charge in [-0.15, -0.1) is 13.2 Å². The molecule has 0 bridgehead atoms. The smallest absolute Gasteiger partial charge is 0.408 e. The van der Waals surface area contributed by atoms with Crippen molar-refractivity contribution in [2.45, 2.75) is 69.2 Å². The van der Waals surface area contributed by atoms with Gasteiger partial charge in [-0.3, -0.25) is 4.79 Å². The van der Waals surface area contributed by atoms with E-state index in [-0.39, 0.29) is 24.5 Å². The van der Waals surface area contributed by atoms with Gasteiger partial charge in [0.2, 0.25) is 0 Å². The number of carbonyl (C=O) groups excluding carboxylic acids is 3. The van der Waals surface area contributed by atoms with Crippen LogP contribution in [0.4, 0.5) is 4.79 Å². The number of hydrogen-bond donors (Lipinski definition) is 1. The molecule has 7 nitrogen and oxygen atoms in total. The van der Waals surface area contributed by atoms with E-state index in [1.54, 1.807) is 11.0 Å². The van der Waals surface area contributed by atoms with Gasteiger partial charge in [-0.1, -0.05) is 85.7 Å². The molecule has 7 heteroatoms. The minimum absolute atomic E-state index is 0.0517. The average Bonchev–Trinajstić information content (AvgIpc) is 3.57. The number of likely N-dealkylation sites (tertiary alicyclic amines) is 1. The van der Waals surface area contributed by atoms with Gasteiger partial charge in [0, 0.05) is 12.5 Å². The van der Waals surface area contributed by atoms with Gasteiger partial charge >= 0.3 is 12.1 Å². The first-order valence-electron chi connectivity index (χ1n) is 13.6. The molecule has 2 aromatic carbocycles. The van der Waals surface area contributed by atoms with Gasteiger partial charge in [0.15, 0.2) is 0 Å². The number of ether oxygens (including phenoxy) is 2. The Morgan fingerprint density at radius 2 is 1.64 bits per heavy atom. The van der Waals surface area contributed by atoms with Crippen LogP contribution in [0.5, 0.6) is 0 Å². The Labute approximate surface area is 230 Å². The third-order valence-electron chi connectivity index (χ3n) is 8.27. The Morgan fingerprint density at radius 1 is 1.03 bits per heavy atom. The molecule has 2 fully saturated rings. The molecule has 1 saturated carbocycles. The summed E-state index contributed by atoms with van der Waals surface area (Å²) in [5, 5.41) is 2.85. The highest BCUT2D eigenvalue weighted by molar-refractivity contribution is 5.96. The van der Waals surface area contributed by atoms with Crippen molar-refractivity contribution < 1.29 is 23.9 Å². The lowest BCUT2D eigenvalue weighted by molar-refractivity contribution is -0.154. The summed E-state index contributed by atoms with van der Waals surface area (Å²) in [4.78, 5) is 42.6. The molecule has 1 saturated heterocycles. The van der Waals surface area contributed by atoms with Gasteiger partial charge in [0.25, 0.3) is 5.91 Å². The molecule has 1 heterocycles. The van der Waals surface area contributed by atoms with Crippen LogP contribution in [0.2, 0.25) is 0 Å². The highest BCUT2D eigenvalue weighted by atomic mass is 16.5. The molecule has 39 heavy (non-hydrogen) atoms. The van der Waals surface area contributed by atoms with E-state index in [1.165, 1.54) is 13.2 Å². The van der Waals surface area contributed by atoms with E-state index in [0.29, 0.717) is 12.8 Å². The van der Waals surface area contributed by atoms with Crippen LogP contribution < -0.4 is 5.32 Å². The van der Waals surface area contributed by atoms with E-state index in [9.17, 15) is 14.4 Å². The monoisotopic (exact) mass is 530 g/mol. The number of nitrogens with zero attached hydrogens (tertiary/aromatic N) is 1. The molecule has 1 N–H and O–H groups in total. The third-order valence-corrected chi connectivity index (χ3v) is 8.27. The second-order valence-electron chi connectivity index (χ2n) is 10.6. The minimum Gasteiger partial charge on any atom is -0.467 e. The Morgan fingerprint density at radius 3 is 2.21 bits per heavy atom. The number of esters is 1. The van der Waals surface area contributed by atoms with Crippen molar-refractivity contribution in [2.24, 2.45) is 5.41 Å². The zero-order chi connectivity index (χ0) is 27.9. The first-order chi connectivity index (χ1) is 18.9. The van der Waals surface area contributed by atoms with Crippen molar-refractivity contribution in [3.8, 4) is 0 Å². The number of alkyl carbamates (subject to hydrolysis) is 1. The lowest BCUT2D eigenvalue weighted by Crippen LogP contribution is -2.63. The molecule has 206 valence electrons. The predicted molar refractivity (Wildman–Crippen MR) is 150 cm³/mol. The number of methoxy groups -OCH3 is 1. The van der Waals surface area contributed by atoms with E-state index in [1.807, 2.05) is 60.7 Å². The van der Waals surface area contributed by atoms with E-state index in [2.05, 4.69) is 18.5 Å². The number of amides is 2. The maximum atomic E-state index is 14.7. The minimum atomic E-state index is -1.55. The van der Waals surface area contributed by atoms with Crippen molar-refractivity contribution in [3.05, 3.63) is 97.1 Å². The van der Waals surface area contributed by atoms with Crippen LogP contribution in [0, 0.1) is 5.41 Å². The second kappa shape index (κ2) is 12.3. The van der Waals surface area contributed by atoms with Gasteiger partial charge in [-0.05, 0) is 42.2 Å². The largest absolute Gasteiger partial charge is 0.467 e. The maximum Gasteiger partial charge on any atom is 0.408 e. The first-order valence-corrected chi connectivity index (χ1v) is 13.6. The molecular formula is C32H38N2O5. The molecule has 0 radical (unpaired) electrons. The first kappa shape index (κ1) is 28.1. The van der Waals surface area contributed by atoms with E-state index >= 15 is 0 Å². The summed E-state index contributed by atoms with van der Waals surface area (Å²) in [5.41, 5.74) is -0.0919. The summed E-state index contributed by atoms with van der Waals surface area (Å²) in [6.45, 7) is 7.99. The second-order valence-corrected chi connectivity index (χ2v) is 10.6. The van der Waals surface area contributed by atoms with E-state index < -0.39 is 29.6 Å². The molecule has 3 atom stereocenters. The maximum absolute atomic E-state index is 14.7. The SMILES string of the molecule is C=CC[C@@H]1N(C(=O)[C@](C=C)(Cc2ccccc2)NC(=O)OCc2ccccc2)[C@H](C(=O)OC)CC12CCCC2. The molecule has 2 aromatic rings. The topological polar surface area (TPSA) is 84.9 Å². The standard InChI is InChI=1S/C32H38N2O5/c1-4-14-27-31(19-12-13-20-31)22-26(28(35)38-3)34(27)29(36)32(5-2,21-24-15-8-6-9-16-24)33-30(37)39-23-25-17-10-7-11-18-25/h4-11,15-18,26-27H,1-2,12-14,19-23H2,3H3,(H,33,37)/t26-,27-,32-/m0/s1. The lowest BCUT2D eigenvalue weighted by Gasteiger charge is -2.40. The van der Waals surface area contributed by atoms with Gasteiger partial charge in [0.05, 0.1) is 7.11 Å². The number of rotatable bonds is 10. The summed E-state index contributed by atoms with van der Waals surface area (Å²) in [5.74, 6) is -0.852. The average molecular weight is 531 g/mol. The van der Waals surface area contributed by atoms with E-state index in [0.717, 1.165) is 36.8 Å². The summed E-state index contributed by atoms with van der Waals surface area (Å²) >= 11 is 0. The predicted octanol–water partition coefficient (Wildman–Crippen LogP) is 5.36. The molecule has 0 unspecified atom stereocenters. The van der Waals surface area contributed by atoms with Crippen LogP contribution in [0.15, 0.2) is 86.0 Å². The Balaban J connectivity index is 1.71. The number of nitrogens with one attached hydrogen (secondary N) is 1. The van der Waals surface area contributed by atoms with Crippen LogP contribution in [-0.2, 0) is 32.1 Å². The van der Waals surface area contributed by atoms with Crippen LogP contribution in [-0.4, -0.2) is 47.6 Å². The molecule has 1 spiro atoms. The molecule has 1 aliphatic carbocycles. The molecule has 2 aliphatic rings. The van der Waals surface area contributed by atoms with Crippen molar-refractivity contribution >= 4 is 18.0 Å². The Hall–Kier alpha value is -3.87. The van der Waals surface area contributed by atoms with E-state index in [4.69, 9.17) is 9.47 Å². The fourth-order valence-electron chi connectivity index (χ4n) is 6.36. The zero-order valence-corrected chi connectivity index (χ0v) is 22.6. The van der Waals surface area contributed by atoms with Gasteiger partial charge in [-0.2, -0.15) is 0 Å². The fraction of sp³-hybridized carbons (Fsp3) is 0.406. The zero-order valence-electron chi connectivity index (χ0n) is 22.6. The van der Waals surface area contributed by atoms with Gasteiger partial charge in [-0.25, -0.2) is 9.59 Å². The van der Waals surface area contributed by atoms with Crippen LogP contribution in [0.25, 0.3) is 0 Å². The van der Waals surface area contributed by atoms with Gasteiger partial charge < -0.3 is 19.7 Å². The summed E-state index contributed by atoms with van der Waals surface area (Å²) in [6.07, 6.45) is 7.68. The highest BCUT2D eigenvalue weighted by Gasteiger charge is 2.59. The molecule has 0 aromatic heterocycles. The van der Waals surface area contributed by atoms with Crippen molar-refractivity contribution in [3.63, 3.8) is 0 Å². The van der Waals surface area contributed by atoms with Crippen molar-refractivity contribution in [1.29, 1.82) is 0 Å². The normalized spacial score (nSPS) is 21.1. The van der Waals surface area contributed by atoms with Crippen LogP contribution >= 0.6 is 0 Å². The quantitative estimate of drug-likeness (QED) is 0.330. The van der Waals surface area contributed by atoms with Crippen LogP contribution in [0.3, 0.4) is 0 Å².